The summed E-state index contributed by atoms with van der Waals surface area (Å²) in [5.41, 5.74) is 12.4. The topological polar surface area (TPSA) is 0 Å². The van der Waals surface area contributed by atoms with Gasteiger partial charge in [0.05, 0.1) is 0 Å². The molecule has 0 unspecified atom stereocenters. The normalized spacial score (nSPS) is 11.3. The summed E-state index contributed by atoms with van der Waals surface area (Å²) in [5, 5.41) is 5.56. The van der Waals surface area contributed by atoms with E-state index in [0.717, 1.165) is 34.6 Å². The van der Waals surface area contributed by atoms with E-state index in [1.807, 2.05) is 12.2 Å². The van der Waals surface area contributed by atoms with E-state index >= 15 is 0 Å². The predicted molar refractivity (Wildman–Crippen MR) is 238 cm³/mol. The van der Waals surface area contributed by atoms with E-state index in [4.69, 9.17) is 0 Å². The Morgan fingerprint density at radius 1 is 0.696 bits per heavy atom. The maximum absolute atomic E-state index is 3.52. The minimum atomic E-state index is 0. The van der Waals surface area contributed by atoms with Crippen molar-refractivity contribution >= 4 is 56.6 Å². The molecular formula is C51H46Br2Cl2Zr-2. The molecule has 0 saturated heterocycles. The van der Waals surface area contributed by atoms with Crippen molar-refractivity contribution in [2.75, 3.05) is 0 Å². The zero-order chi connectivity index (χ0) is 37.9. The smallest absolute Gasteiger partial charge is 0.0253 e. The molecule has 0 bridgehead atoms. The third-order valence-corrected chi connectivity index (χ3v) is 11.6. The summed E-state index contributed by atoms with van der Waals surface area (Å²) in [7, 11) is 0. The second-order valence-electron chi connectivity index (χ2n) is 14.0. The Morgan fingerprint density at radius 3 is 1.80 bits per heavy atom. The number of hydrogen-bond donors (Lipinski definition) is 0. The van der Waals surface area contributed by atoms with Crippen LogP contribution in [0, 0.1) is 19.9 Å². The second-order valence-corrected chi connectivity index (χ2v) is 17.5. The van der Waals surface area contributed by atoms with E-state index in [9.17, 15) is 0 Å². The van der Waals surface area contributed by atoms with Crippen molar-refractivity contribution in [1.29, 1.82) is 0 Å². The van der Waals surface area contributed by atoms with Crippen molar-refractivity contribution in [3.05, 3.63) is 195 Å². The molecule has 284 valence electrons. The molecule has 0 aliphatic heterocycles. The number of allylic oxidation sites excluding steroid dienone is 4. The van der Waals surface area contributed by atoms with Gasteiger partial charge in [-0.25, -0.2) is 12.2 Å². The van der Waals surface area contributed by atoms with Gasteiger partial charge in [-0.3, -0.25) is 6.08 Å². The fourth-order valence-corrected chi connectivity index (χ4v) is 9.16. The fourth-order valence-electron chi connectivity index (χ4n) is 7.26. The minimum absolute atomic E-state index is 0. The first-order valence-electron chi connectivity index (χ1n) is 18.8. The van der Waals surface area contributed by atoms with Crippen molar-refractivity contribution in [1.82, 2.24) is 0 Å². The summed E-state index contributed by atoms with van der Waals surface area (Å²) in [5.74, 6) is 0. The first kappa shape index (κ1) is 45.7. The van der Waals surface area contributed by atoms with Gasteiger partial charge in [-0.2, -0.15) is 6.08 Å². The molecule has 0 N–H and O–H groups in total. The Morgan fingerprint density at radius 2 is 1.29 bits per heavy atom. The van der Waals surface area contributed by atoms with E-state index in [1.165, 1.54) is 109 Å². The van der Waals surface area contributed by atoms with Crippen LogP contribution >= 0.6 is 31.9 Å². The Kier molecular flexibility index (Phi) is 18.6. The number of hydrogen-bond acceptors (Lipinski definition) is 0. The van der Waals surface area contributed by atoms with E-state index in [0.29, 0.717) is 0 Å². The molecule has 1 aliphatic rings. The molecule has 8 rings (SSSR count). The van der Waals surface area contributed by atoms with E-state index in [-0.39, 0.29) is 24.8 Å². The maximum atomic E-state index is 3.52. The van der Waals surface area contributed by atoms with Gasteiger partial charge in [0.2, 0.25) is 0 Å². The van der Waals surface area contributed by atoms with E-state index < -0.39 is 0 Å². The second kappa shape index (κ2) is 22.8. The summed E-state index contributed by atoms with van der Waals surface area (Å²) >= 11 is 8.56. The van der Waals surface area contributed by atoms with Crippen molar-refractivity contribution in [2.45, 2.75) is 59.3 Å². The SMILES string of the molecule is Brc1cccc(C[C](=[Zr+2])Cc2cccc(Br)c2)c1.CCCCc1c(-c2ccccc2)c(C)cc2c1[cH-]c1cc(-c3ccccc3)c(C)cc12.[C-]1=CC=CC1.[Cl-].[Cl-]. The molecule has 1 aliphatic carbocycles. The van der Waals surface area contributed by atoms with Gasteiger partial charge >= 0.3 is 141 Å². The maximum Gasteiger partial charge on any atom is -0.0253 e. The zero-order valence-electron chi connectivity index (χ0n) is 32.2. The van der Waals surface area contributed by atoms with Gasteiger partial charge in [0, 0.05) is 0 Å². The zero-order valence-corrected chi connectivity index (χ0v) is 39.3. The molecule has 7 aromatic rings. The summed E-state index contributed by atoms with van der Waals surface area (Å²) in [4.78, 5) is 0. The van der Waals surface area contributed by atoms with Crippen LogP contribution in [-0.4, -0.2) is 3.21 Å². The van der Waals surface area contributed by atoms with Gasteiger partial charge in [0.25, 0.3) is 0 Å². The average Bonchev–Trinajstić information content (AvgIpc) is 3.87. The molecule has 56 heavy (non-hydrogen) atoms. The first-order valence-corrected chi connectivity index (χ1v) is 21.7. The molecule has 0 aromatic heterocycles. The molecule has 7 aromatic carbocycles. The van der Waals surface area contributed by atoms with Crippen molar-refractivity contribution in [3.8, 4) is 22.3 Å². The Hall–Kier alpha value is -3.04. The van der Waals surface area contributed by atoms with Crippen molar-refractivity contribution in [2.24, 2.45) is 0 Å². The number of aryl methyl sites for hydroxylation is 3. The standard InChI is InChI=1S/C31H29.C15H12Br2.C5H5.2ClH.Zr/c1-4-5-16-26-30-20-25-19-27(23-12-8-6-9-13-23)21(2)17-28(25)29(30)18-22(3)31(26)24-14-10-7-11-15-24;16-14-8-2-6-12(10-14)4-1-5-13-7-3-9-15(17)11-13;1-2-4-5-3-1;;;/h6-15,17-20H,4-5,16H2,1-3H3;2-3,6-11H,4-5H2;1-3H,4H2;2*1H;/q-1;;-1;;;+2/p-2. The van der Waals surface area contributed by atoms with Crippen molar-refractivity contribution < 1.29 is 49.0 Å². The fraction of sp³-hybridized carbons (Fsp3) is 0.176. The summed E-state index contributed by atoms with van der Waals surface area (Å²) in [6.07, 6.45) is 15.7. The average molecular weight is 981 g/mol. The molecule has 0 saturated carbocycles. The Labute approximate surface area is 378 Å². The predicted octanol–water partition coefficient (Wildman–Crippen LogP) is 9.04. The van der Waals surface area contributed by atoms with Gasteiger partial charge < -0.3 is 24.8 Å². The van der Waals surface area contributed by atoms with E-state index in [2.05, 4.69) is 198 Å². The summed E-state index contributed by atoms with van der Waals surface area (Å²) in [6, 6.07) is 48.4. The molecule has 0 fully saturated rings. The van der Waals surface area contributed by atoms with Crippen LogP contribution in [-0.2, 0) is 43.5 Å². The molecule has 0 amide bonds. The third-order valence-electron chi connectivity index (χ3n) is 9.79. The first-order chi connectivity index (χ1) is 26.3. The number of rotatable bonds is 9. The van der Waals surface area contributed by atoms with Crippen LogP contribution in [0.5, 0.6) is 0 Å². The summed E-state index contributed by atoms with van der Waals surface area (Å²) < 4.78 is 3.88. The molecular weight excluding hydrogens is 934 g/mol. The van der Waals surface area contributed by atoms with Gasteiger partial charge in [-0.1, -0.05) is 116 Å². The van der Waals surface area contributed by atoms with Crippen LogP contribution in [0.4, 0.5) is 0 Å². The van der Waals surface area contributed by atoms with Gasteiger partial charge in [0.1, 0.15) is 0 Å². The third kappa shape index (κ3) is 12.2. The number of fused-ring (bicyclic) bond motifs is 3. The molecule has 0 radical (unpaired) electrons. The van der Waals surface area contributed by atoms with Crippen LogP contribution in [0.25, 0.3) is 43.8 Å². The largest absolute Gasteiger partial charge is 1.00 e. The van der Waals surface area contributed by atoms with Gasteiger partial charge in [-0.05, 0) is 36.1 Å². The monoisotopic (exact) mass is 976 g/mol. The Bertz CT molecular complexity index is 2350. The van der Waals surface area contributed by atoms with Crippen molar-refractivity contribution in [3.63, 3.8) is 0 Å². The van der Waals surface area contributed by atoms with Crippen LogP contribution in [0.3, 0.4) is 0 Å². The van der Waals surface area contributed by atoms with Gasteiger partial charge in [0.15, 0.2) is 0 Å². The minimum Gasteiger partial charge on any atom is -1.00 e. The molecule has 0 atom stereocenters. The number of halogens is 4. The molecule has 5 heteroatoms. The molecule has 0 heterocycles. The van der Waals surface area contributed by atoms with Crippen LogP contribution in [0.1, 0.15) is 54.0 Å². The molecule has 0 spiro atoms. The van der Waals surface area contributed by atoms with Crippen LogP contribution in [0.2, 0.25) is 0 Å². The van der Waals surface area contributed by atoms with Gasteiger partial charge in [-0.15, -0.1) is 40.1 Å². The number of benzene rings is 6. The number of unbranched alkanes of at least 4 members (excludes halogenated alkanes) is 1. The quantitative estimate of drug-likeness (QED) is 0.127. The van der Waals surface area contributed by atoms with E-state index in [1.54, 1.807) is 3.21 Å². The Balaban J connectivity index is 0.000000236. The summed E-state index contributed by atoms with van der Waals surface area (Å²) in [6.45, 7) is 6.80. The van der Waals surface area contributed by atoms with Crippen LogP contribution < -0.4 is 24.8 Å². The molecule has 0 nitrogen and oxygen atoms in total. The van der Waals surface area contributed by atoms with Crippen LogP contribution in [0.15, 0.2) is 161 Å².